The van der Waals surface area contributed by atoms with Crippen LogP contribution in [0.15, 0.2) is 36.5 Å². The Kier molecular flexibility index (Phi) is 6.75. The van der Waals surface area contributed by atoms with Crippen molar-refractivity contribution in [2.45, 2.75) is 46.0 Å². The Morgan fingerprint density at radius 3 is 2.45 bits per heavy atom. The van der Waals surface area contributed by atoms with Gasteiger partial charge >= 0.3 is 0 Å². The van der Waals surface area contributed by atoms with Gasteiger partial charge in [-0.15, -0.1) is 0 Å². The topological polar surface area (TPSA) is 31.5 Å². The second-order valence-corrected chi connectivity index (χ2v) is 10.3. The van der Waals surface area contributed by atoms with Crippen molar-refractivity contribution in [1.29, 1.82) is 0 Å². The number of hydrogen-bond acceptors (Lipinski definition) is 3. The first-order valence-corrected chi connectivity index (χ1v) is 12.8. The van der Waals surface area contributed by atoms with Crippen molar-refractivity contribution in [2.24, 2.45) is 5.92 Å². The number of rotatable bonds is 7. The number of hydrogen-bond donors (Lipinski definition) is 1. The molecule has 0 spiro atoms. The minimum absolute atomic E-state index is 0.826. The van der Waals surface area contributed by atoms with Gasteiger partial charge in [0.25, 0.3) is 0 Å². The van der Waals surface area contributed by atoms with E-state index in [4.69, 9.17) is 4.74 Å². The second kappa shape index (κ2) is 9.90. The van der Waals surface area contributed by atoms with Gasteiger partial charge in [0.1, 0.15) is 5.75 Å². The van der Waals surface area contributed by atoms with Crippen molar-refractivity contribution >= 4 is 10.9 Å². The fraction of sp³-hybridized carbons (Fsp3) is 0.517. The number of nitrogens with zero attached hydrogens (tertiary/aromatic N) is 2. The second-order valence-electron chi connectivity index (χ2n) is 10.3. The first-order valence-electron chi connectivity index (χ1n) is 12.8. The molecule has 5 rings (SSSR count). The van der Waals surface area contributed by atoms with Crippen LogP contribution in [0.5, 0.6) is 5.75 Å². The summed E-state index contributed by atoms with van der Waals surface area (Å²) in [5.74, 6) is 1.76. The van der Waals surface area contributed by atoms with Gasteiger partial charge in [0, 0.05) is 43.3 Å². The lowest BCUT2D eigenvalue weighted by Gasteiger charge is -2.24. The van der Waals surface area contributed by atoms with E-state index >= 15 is 0 Å². The van der Waals surface area contributed by atoms with Gasteiger partial charge in [-0.25, -0.2) is 0 Å². The average molecular weight is 446 g/mol. The highest BCUT2D eigenvalue weighted by Gasteiger charge is 2.25. The number of aromatic nitrogens is 1. The summed E-state index contributed by atoms with van der Waals surface area (Å²) >= 11 is 0. The molecule has 1 atom stereocenters. The first kappa shape index (κ1) is 22.5. The SMILES string of the molecule is COc1ccc2[nH]cc(CCCN3CCC(CN4CCc5cc(C)c(C)cc5CC4)C3)c2c1. The van der Waals surface area contributed by atoms with E-state index in [9.17, 15) is 0 Å². The van der Waals surface area contributed by atoms with Crippen LogP contribution in [0, 0.1) is 19.8 Å². The lowest BCUT2D eigenvalue weighted by atomic mass is 9.97. The third-order valence-corrected chi connectivity index (χ3v) is 7.99. The standard InChI is InChI=1S/C29H39N3O/c1-21-15-24-9-13-32(14-10-25(24)16-22(21)2)20-23-8-12-31(19-23)11-4-5-26-18-30-29-7-6-27(33-3)17-28(26)29/h6-7,15-18,23,30H,4-5,8-14,19-20H2,1-3H3. The number of ether oxygens (including phenoxy) is 1. The fourth-order valence-electron chi connectivity index (χ4n) is 5.87. The number of H-pyrrole nitrogens is 1. The highest BCUT2D eigenvalue weighted by atomic mass is 16.5. The van der Waals surface area contributed by atoms with E-state index in [2.05, 4.69) is 59.1 Å². The summed E-state index contributed by atoms with van der Waals surface area (Å²) in [5, 5.41) is 1.31. The molecule has 1 fully saturated rings. The molecule has 3 heterocycles. The molecule has 0 bridgehead atoms. The van der Waals surface area contributed by atoms with E-state index in [0.29, 0.717) is 0 Å². The van der Waals surface area contributed by atoms with E-state index < -0.39 is 0 Å². The zero-order chi connectivity index (χ0) is 22.8. The number of aromatic amines is 1. The van der Waals surface area contributed by atoms with Gasteiger partial charge in [0.15, 0.2) is 0 Å². The number of fused-ring (bicyclic) bond motifs is 2. The highest BCUT2D eigenvalue weighted by Crippen LogP contribution is 2.26. The largest absolute Gasteiger partial charge is 0.497 e. The number of likely N-dealkylation sites (tertiary alicyclic amines) is 1. The summed E-state index contributed by atoms with van der Waals surface area (Å²) in [5.41, 5.74) is 8.68. The molecule has 3 aromatic rings. The van der Waals surface area contributed by atoms with Crippen molar-refractivity contribution < 1.29 is 4.74 Å². The van der Waals surface area contributed by atoms with Crippen molar-refractivity contribution in [3.63, 3.8) is 0 Å². The molecule has 176 valence electrons. The van der Waals surface area contributed by atoms with Gasteiger partial charge in [0.2, 0.25) is 0 Å². The molecule has 0 aliphatic carbocycles. The summed E-state index contributed by atoms with van der Waals surface area (Å²) in [6.07, 6.45) is 8.29. The van der Waals surface area contributed by atoms with E-state index in [-0.39, 0.29) is 0 Å². The first-order chi connectivity index (χ1) is 16.1. The smallest absolute Gasteiger partial charge is 0.119 e. The average Bonchev–Trinajstić information content (AvgIpc) is 3.39. The van der Waals surface area contributed by atoms with E-state index in [1.165, 1.54) is 92.5 Å². The zero-order valence-electron chi connectivity index (χ0n) is 20.6. The Morgan fingerprint density at radius 2 is 1.73 bits per heavy atom. The molecule has 4 nitrogen and oxygen atoms in total. The molecule has 1 N–H and O–H groups in total. The van der Waals surface area contributed by atoms with Crippen LogP contribution in [0.4, 0.5) is 0 Å². The summed E-state index contributed by atoms with van der Waals surface area (Å²) in [7, 11) is 1.74. The van der Waals surface area contributed by atoms with Gasteiger partial charge in [-0.1, -0.05) is 12.1 Å². The van der Waals surface area contributed by atoms with Crippen molar-refractivity contribution in [1.82, 2.24) is 14.8 Å². The number of methoxy groups -OCH3 is 1. The van der Waals surface area contributed by atoms with E-state index in [1.807, 2.05) is 6.07 Å². The maximum absolute atomic E-state index is 5.42. The molecule has 1 saturated heterocycles. The molecular formula is C29H39N3O. The van der Waals surface area contributed by atoms with Crippen LogP contribution in [-0.4, -0.2) is 61.2 Å². The normalized spacial score (nSPS) is 19.7. The van der Waals surface area contributed by atoms with E-state index in [1.54, 1.807) is 18.2 Å². The monoisotopic (exact) mass is 445 g/mol. The van der Waals surface area contributed by atoms with Gasteiger partial charge in [-0.3, -0.25) is 0 Å². The Hall–Kier alpha value is -2.30. The number of nitrogens with one attached hydrogen (secondary N) is 1. The van der Waals surface area contributed by atoms with Crippen LogP contribution in [0.1, 0.15) is 40.7 Å². The maximum Gasteiger partial charge on any atom is 0.119 e. The minimum atomic E-state index is 0.826. The molecule has 0 saturated carbocycles. The lowest BCUT2D eigenvalue weighted by molar-refractivity contribution is 0.233. The maximum atomic E-state index is 5.42. The molecular weight excluding hydrogens is 406 g/mol. The van der Waals surface area contributed by atoms with E-state index in [0.717, 1.165) is 18.1 Å². The molecule has 2 aliphatic rings. The molecule has 0 radical (unpaired) electrons. The fourth-order valence-corrected chi connectivity index (χ4v) is 5.87. The molecule has 1 unspecified atom stereocenters. The van der Waals surface area contributed by atoms with Gasteiger partial charge < -0.3 is 19.5 Å². The van der Waals surface area contributed by atoms with Gasteiger partial charge in [0.05, 0.1) is 7.11 Å². The molecule has 2 aromatic carbocycles. The lowest BCUT2D eigenvalue weighted by Crippen LogP contribution is -2.33. The summed E-state index contributed by atoms with van der Waals surface area (Å²) in [6, 6.07) is 11.2. The Balaban J connectivity index is 1.09. The highest BCUT2D eigenvalue weighted by molar-refractivity contribution is 5.84. The zero-order valence-corrected chi connectivity index (χ0v) is 20.6. The molecule has 0 amide bonds. The van der Waals surface area contributed by atoms with Crippen molar-refractivity contribution in [2.75, 3.05) is 46.4 Å². The van der Waals surface area contributed by atoms with Crippen LogP contribution in [0.2, 0.25) is 0 Å². The summed E-state index contributed by atoms with van der Waals surface area (Å²) < 4.78 is 5.42. The quantitative estimate of drug-likeness (QED) is 0.546. The van der Waals surface area contributed by atoms with Gasteiger partial charge in [-0.2, -0.15) is 0 Å². The third kappa shape index (κ3) is 5.12. The molecule has 4 heteroatoms. The summed E-state index contributed by atoms with van der Waals surface area (Å²) in [6.45, 7) is 11.9. The summed E-state index contributed by atoms with van der Waals surface area (Å²) in [4.78, 5) is 8.84. The number of aryl methyl sites for hydroxylation is 3. The third-order valence-electron chi connectivity index (χ3n) is 7.99. The Bertz CT molecular complexity index is 1070. The van der Waals surface area contributed by atoms with Crippen molar-refractivity contribution in [3.8, 4) is 5.75 Å². The Morgan fingerprint density at radius 1 is 0.970 bits per heavy atom. The molecule has 2 aliphatic heterocycles. The molecule has 33 heavy (non-hydrogen) atoms. The predicted octanol–water partition coefficient (Wildman–Crippen LogP) is 5.15. The molecule has 1 aromatic heterocycles. The van der Waals surface area contributed by atoms with Crippen LogP contribution < -0.4 is 4.74 Å². The van der Waals surface area contributed by atoms with Gasteiger partial charge in [-0.05, 0) is 111 Å². The van der Waals surface area contributed by atoms with Crippen LogP contribution in [0.3, 0.4) is 0 Å². The predicted molar refractivity (Wildman–Crippen MR) is 137 cm³/mol. The number of benzene rings is 2. The van der Waals surface area contributed by atoms with Crippen LogP contribution >= 0.6 is 0 Å². The van der Waals surface area contributed by atoms with Crippen molar-refractivity contribution in [3.05, 3.63) is 64.3 Å². The van der Waals surface area contributed by atoms with Crippen LogP contribution in [-0.2, 0) is 19.3 Å². The minimum Gasteiger partial charge on any atom is -0.497 e. The Labute approximate surface area is 198 Å². The van der Waals surface area contributed by atoms with Crippen LogP contribution in [0.25, 0.3) is 10.9 Å².